The number of nitrogens with zero attached hydrogens (tertiary/aromatic N) is 2. The molecule has 0 fully saturated rings. The fourth-order valence-corrected chi connectivity index (χ4v) is 2.79. The number of amides is 1. The molecule has 0 bridgehead atoms. The van der Waals surface area contributed by atoms with Crippen molar-refractivity contribution in [1.29, 1.82) is 0 Å². The van der Waals surface area contributed by atoms with Crippen LogP contribution in [0.15, 0.2) is 48.8 Å². The van der Waals surface area contributed by atoms with Crippen LogP contribution in [-0.4, -0.2) is 30.1 Å². The fourth-order valence-electron chi connectivity index (χ4n) is 2.79. The summed E-state index contributed by atoms with van der Waals surface area (Å²) >= 11 is 0. The summed E-state index contributed by atoms with van der Waals surface area (Å²) in [7, 11) is 2.99. The number of aromatic nitrogens is 2. The van der Waals surface area contributed by atoms with E-state index in [9.17, 15) is 9.18 Å². The maximum absolute atomic E-state index is 13.7. The molecule has 0 saturated heterocycles. The third-order valence-electron chi connectivity index (χ3n) is 4.08. The number of hydrogen-bond acceptors (Lipinski definition) is 5. The van der Waals surface area contributed by atoms with Gasteiger partial charge in [-0.1, -0.05) is 6.07 Å². The van der Waals surface area contributed by atoms with E-state index in [-0.39, 0.29) is 5.82 Å². The van der Waals surface area contributed by atoms with Gasteiger partial charge in [-0.2, -0.15) is 0 Å². The maximum Gasteiger partial charge on any atom is 0.252 e. The average molecular weight is 367 g/mol. The average Bonchev–Trinajstić information content (AvgIpc) is 2.68. The van der Waals surface area contributed by atoms with Crippen LogP contribution in [0.2, 0.25) is 0 Å². The lowest BCUT2D eigenvalue weighted by molar-refractivity contribution is 0.0997. The molecule has 1 amide bonds. The Morgan fingerprint density at radius 1 is 1.04 bits per heavy atom. The summed E-state index contributed by atoms with van der Waals surface area (Å²) in [6.45, 7) is 0. The standard InChI is InChI=1S/C20H18FN3O3/c1-26-18-6-4-13(21)9-15(18)17-10-14(23-11-24-17)7-12-3-5-19(27-2)16(8-12)20(22)25/h3-6,8-11H,7H2,1-2H3,(H2,22,25). The van der Waals surface area contributed by atoms with Gasteiger partial charge in [-0.15, -0.1) is 0 Å². The zero-order valence-electron chi connectivity index (χ0n) is 14.9. The number of rotatable bonds is 6. The minimum Gasteiger partial charge on any atom is -0.496 e. The Hall–Kier alpha value is -3.48. The highest BCUT2D eigenvalue weighted by atomic mass is 19.1. The molecule has 1 heterocycles. The molecular formula is C20H18FN3O3. The normalized spacial score (nSPS) is 10.5. The van der Waals surface area contributed by atoms with Gasteiger partial charge >= 0.3 is 0 Å². The van der Waals surface area contributed by atoms with Crippen molar-refractivity contribution in [1.82, 2.24) is 9.97 Å². The summed E-state index contributed by atoms with van der Waals surface area (Å²) in [5.41, 5.74) is 8.32. The Kier molecular flexibility index (Phi) is 5.30. The van der Waals surface area contributed by atoms with Gasteiger partial charge < -0.3 is 15.2 Å². The Morgan fingerprint density at radius 2 is 1.78 bits per heavy atom. The van der Waals surface area contributed by atoms with Crippen molar-refractivity contribution in [3.05, 3.63) is 71.4 Å². The van der Waals surface area contributed by atoms with Crippen molar-refractivity contribution in [2.75, 3.05) is 14.2 Å². The number of nitrogens with two attached hydrogens (primary N) is 1. The van der Waals surface area contributed by atoms with Crippen LogP contribution in [0.4, 0.5) is 4.39 Å². The maximum atomic E-state index is 13.7. The van der Waals surface area contributed by atoms with Crippen LogP contribution in [0.3, 0.4) is 0 Å². The van der Waals surface area contributed by atoms with Crippen molar-refractivity contribution in [2.45, 2.75) is 6.42 Å². The van der Waals surface area contributed by atoms with Gasteiger partial charge in [0.1, 0.15) is 23.6 Å². The number of carbonyl (C=O) groups excluding carboxylic acids is 1. The van der Waals surface area contributed by atoms with Gasteiger partial charge in [0.2, 0.25) is 0 Å². The molecule has 0 unspecified atom stereocenters. The minimum absolute atomic E-state index is 0.302. The van der Waals surface area contributed by atoms with E-state index in [1.807, 2.05) is 6.07 Å². The summed E-state index contributed by atoms with van der Waals surface area (Å²) in [6.07, 6.45) is 1.85. The van der Waals surface area contributed by atoms with Crippen molar-refractivity contribution in [3.63, 3.8) is 0 Å². The third-order valence-corrected chi connectivity index (χ3v) is 4.08. The van der Waals surface area contributed by atoms with Gasteiger partial charge in [0.15, 0.2) is 0 Å². The van der Waals surface area contributed by atoms with Crippen LogP contribution >= 0.6 is 0 Å². The molecule has 6 nitrogen and oxygen atoms in total. The Bertz CT molecular complexity index is 992. The van der Waals surface area contributed by atoms with Crippen LogP contribution in [0, 0.1) is 5.82 Å². The molecule has 0 aliphatic heterocycles. The highest BCUT2D eigenvalue weighted by molar-refractivity contribution is 5.95. The zero-order chi connectivity index (χ0) is 19.4. The second kappa shape index (κ2) is 7.82. The van der Waals surface area contributed by atoms with Gasteiger partial charge in [0.25, 0.3) is 5.91 Å². The zero-order valence-corrected chi connectivity index (χ0v) is 14.9. The molecule has 138 valence electrons. The molecule has 3 aromatic rings. The first-order chi connectivity index (χ1) is 13.0. The molecule has 2 aromatic carbocycles. The molecule has 0 aliphatic rings. The van der Waals surface area contributed by atoms with Crippen LogP contribution in [-0.2, 0) is 6.42 Å². The Balaban J connectivity index is 1.95. The first-order valence-corrected chi connectivity index (χ1v) is 8.13. The molecule has 0 spiro atoms. The van der Waals surface area contributed by atoms with Gasteiger partial charge in [0, 0.05) is 17.7 Å². The predicted octanol–water partition coefficient (Wildman–Crippen LogP) is 2.99. The third kappa shape index (κ3) is 4.03. The van der Waals surface area contributed by atoms with Gasteiger partial charge in [0.05, 0.1) is 25.5 Å². The lowest BCUT2D eigenvalue weighted by Gasteiger charge is -2.10. The van der Waals surface area contributed by atoms with E-state index in [0.29, 0.717) is 40.4 Å². The molecule has 27 heavy (non-hydrogen) atoms. The molecule has 0 atom stereocenters. The summed E-state index contributed by atoms with van der Waals surface area (Å²) in [4.78, 5) is 20.1. The number of carbonyl (C=O) groups is 1. The molecule has 1 aromatic heterocycles. The van der Waals surface area contributed by atoms with Gasteiger partial charge in [-0.3, -0.25) is 4.79 Å². The first kappa shape index (κ1) is 18.3. The summed E-state index contributed by atoms with van der Waals surface area (Å²) in [5, 5.41) is 0. The van der Waals surface area contributed by atoms with Crippen molar-refractivity contribution < 1.29 is 18.7 Å². The van der Waals surface area contributed by atoms with Crippen LogP contribution in [0.5, 0.6) is 11.5 Å². The number of methoxy groups -OCH3 is 2. The molecule has 0 saturated carbocycles. The number of ether oxygens (including phenoxy) is 2. The smallest absolute Gasteiger partial charge is 0.252 e. The lowest BCUT2D eigenvalue weighted by Crippen LogP contribution is -2.13. The first-order valence-electron chi connectivity index (χ1n) is 8.13. The topological polar surface area (TPSA) is 87.3 Å². The number of hydrogen-bond donors (Lipinski definition) is 1. The second-order valence-electron chi connectivity index (χ2n) is 5.81. The number of halogens is 1. The van der Waals surface area contributed by atoms with Crippen LogP contribution in [0.25, 0.3) is 11.3 Å². The highest BCUT2D eigenvalue weighted by Gasteiger charge is 2.13. The summed E-state index contributed by atoms with van der Waals surface area (Å²) in [6, 6.07) is 11.2. The van der Waals surface area contributed by atoms with E-state index >= 15 is 0 Å². The molecular weight excluding hydrogens is 349 g/mol. The Labute approximate surface area is 155 Å². The summed E-state index contributed by atoms with van der Waals surface area (Å²) < 4.78 is 24.1. The molecule has 2 N–H and O–H groups in total. The number of primary amides is 1. The number of benzene rings is 2. The molecule has 7 heteroatoms. The van der Waals surface area contributed by atoms with Gasteiger partial charge in [-0.25, -0.2) is 14.4 Å². The highest BCUT2D eigenvalue weighted by Crippen LogP contribution is 2.29. The van der Waals surface area contributed by atoms with E-state index < -0.39 is 5.91 Å². The van der Waals surface area contributed by atoms with Crippen molar-refractivity contribution in [3.8, 4) is 22.8 Å². The Morgan fingerprint density at radius 3 is 2.48 bits per heavy atom. The van der Waals surface area contributed by atoms with Crippen LogP contribution in [0.1, 0.15) is 21.6 Å². The SMILES string of the molecule is COc1ccc(Cc2cc(-c3cc(F)ccc3OC)ncn2)cc1C(N)=O. The van der Waals surface area contributed by atoms with E-state index in [1.54, 1.807) is 24.3 Å². The largest absolute Gasteiger partial charge is 0.496 e. The van der Waals surface area contributed by atoms with E-state index in [2.05, 4.69) is 9.97 Å². The minimum atomic E-state index is -0.568. The van der Waals surface area contributed by atoms with Crippen LogP contribution < -0.4 is 15.2 Å². The monoisotopic (exact) mass is 367 g/mol. The van der Waals surface area contributed by atoms with Gasteiger partial charge in [-0.05, 0) is 42.0 Å². The summed E-state index contributed by atoms with van der Waals surface area (Å²) in [5.74, 6) is -0.0190. The predicted molar refractivity (Wildman–Crippen MR) is 98.3 cm³/mol. The fraction of sp³-hybridized carbons (Fsp3) is 0.150. The van der Waals surface area contributed by atoms with E-state index in [1.165, 1.54) is 32.7 Å². The molecule has 0 aliphatic carbocycles. The van der Waals surface area contributed by atoms with E-state index in [0.717, 1.165) is 5.56 Å². The van der Waals surface area contributed by atoms with Crippen molar-refractivity contribution >= 4 is 5.91 Å². The lowest BCUT2D eigenvalue weighted by atomic mass is 10.0. The molecule has 3 rings (SSSR count). The molecule has 0 radical (unpaired) electrons. The quantitative estimate of drug-likeness (QED) is 0.724. The van der Waals surface area contributed by atoms with Crippen molar-refractivity contribution in [2.24, 2.45) is 5.73 Å². The van der Waals surface area contributed by atoms with E-state index in [4.69, 9.17) is 15.2 Å². The second-order valence-corrected chi connectivity index (χ2v) is 5.81.